The molecule has 1 aromatic carbocycles. The maximum atomic E-state index is 11.2. The molecule has 0 bridgehead atoms. The summed E-state index contributed by atoms with van der Waals surface area (Å²) in [5, 5.41) is 16.2. The number of carbonyl (C=O) groups excluding carboxylic acids is 1. The van der Waals surface area contributed by atoms with Crippen LogP contribution in [-0.4, -0.2) is 23.3 Å². The standard InChI is InChI=1S/C20H28N2O3S/c1-19(2,3)13-8-12(9-14(17(13)23)20(4,5)6)15-11-26-16(22-15)10-21-18(24)25-7/h8-9,11,23H,10H2,1-7H3,(H,21,24). The van der Waals surface area contributed by atoms with Crippen molar-refractivity contribution in [3.8, 4) is 17.0 Å². The average Bonchev–Trinajstić information content (AvgIpc) is 2.99. The monoisotopic (exact) mass is 376 g/mol. The Morgan fingerprint density at radius 2 is 1.69 bits per heavy atom. The minimum absolute atomic E-state index is 0.189. The number of alkyl carbamates (subject to hydrolysis) is 1. The second-order valence-electron chi connectivity index (χ2n) is 8.39. The summed E-state index contributed by atoms with van der Waals surface area (Å²) in [6.07, 6.45) is -0.476. The average molecular weight is 377 g/mol. The molecular weight excluding hydrogens is 348 g/mol. The molecular formula is C20H28N2O3S. The number of ether oxygens (including phenoxy) is 1. The molecule has 0 saturated heterocycles. The first-order valence-corrected chi connectivity index (χ1v) is 9.46. The van der Waals surface area contributed by atoms with Crippen molar-refractivity contribution in [2.45, 2.75) is 58.9 Å². The van der Waals surface area contributed by atoms with Crippen LogP contribution in [0.25, 0.3) is 11.3 Å². The predicted molar refractivity (Wildman–Crippen MR) is 106 cm³/mol. The second kappa shape index (κ2) is 7.27. The molecule has 0 atom stereocenters. The number of hydrogen-bond acceptors (Lipinski definition) is 5. The third-order valence-electron chi connectivity index (χ3n) is 4.14. The Kier molecular flexibility index (Phi) is 5.66. The van der Waals surface area contributed by atoms with E-state index in [1.807, 2.05) is 17.5 Å². The van der Waals surface area contributed by atoms with Gasteiger partial charge in [-0.25, -0.2) is 9.78 Å². The molecule has 0 aliphatic rings. The lowest BCUT2D eigenvalue weighted by Gasteiger charge is -2.28. The molecule has 2 N–H and O–H groups in total. The maximum Gasteiger partial charge on any atom is 0.407 e. The number of hydrogen-bond donors (Lipinski definition) is 2. The number of nitrogens with one attached hydrogen (secondary N) is 1. The van der Waals surface area contributed by atoms with Gasteiger partial charge in [0.1, 0.15) is 10.8 Å². The minimum atomic E-state index is -0.476. The van der Waals surface area contributed by atoms with Crippen LogP contribution < -0.4 is 5.32 Å². The van der Waals surface area contributed by atoms with E-state index < -0.39 is 6.09 Å². The van der Waals surface area contributed by atoms with Gasteiger partial charge in [-0.1, -0.05) is 41.5 Å². The summed E-state index contributed by atoms with van der Waals surface area (Å²) in [4.78, 5) is 15.9. The fourth-order valence-electron chi connectivity index (χ4n) is 2.67. The van der Waals surface area contributed by atoms with Crippen LogP contribution in [0.15, 0.2) is 17.5 Å². The fourth-order valence-corrected chi connectivity index (χ4v) is 3.41. The zero-order valence-corrected chi connectivity index (χ0v) is 17.4. The van der Waals surface area contributed by atoms with E-state index in [9.17, 15) is 9.90 Å². The van der Waals surface area contributed by atoms with Crippen LogP contribution in [0.1, 0.15) is 57.7 Å². The molecule has 0 radical (unpaired) electrons. The Morgan fingerprint density at radius 1 is 1.15 bits per heavy atom. The van der Waals surface area contributed by atoms with E-state index in [1.54, 1.807) is 0 Å². The summed E-state index contributed by atoms with van der Waals surface area (Å²) in [7, 11) is 1.33. The Hall–Kier alpha value is -2.08. The van der Waals surface area contributed by atoms with E-state index in [0.717, 1.165) is 27.4 Å². The fraction of sp³-hybridized carbons (Fsp3) is 0.500. The quantitative estimate of drug-likeness (QED) is 0.793. The van der Waals surface area contributed by atoms with Gasteiger partial charge >= 0.3 is 6.09 Å². The topological polar surface area (TPSA) is 71.5 Å². The number of amides is 1. The van der Waals surface area contributed by atoms with Gasteiger partial charge in [-0.15, -0.1) is 11.3 Å². The zero-order chi connectivity index (χ0) is 19.7. The summed E-state index contributed by atoms with van der Waals surface area (Å²) < 4.78 is 4.58. The Bertz CT molecular complexity index is 763. The van der Waals surface area contributed by atoms with E-state index in [2.05, 4.69) is 56.6 Å². The van der Waals surface area contributed by atoms with Crippen molar-refractivity contribution in [3.05, 3.63) is 33.6 Å². The molecule has 142 valence electrons. The Balaban J connectivity index is 2.47. The van der Waals surface area contributed by atoms with E-state index >= 15 is 0 Å². The van der Waals surface area contributed by atoms with Crippen molar-refractivity contribution in [1.29, 1.82) is 0 Å². The van der Waals surface area contributed by atoms with Gasteiger partial charge in [-0.2, -0.15) is 0 Å². The van der Waals surface area contributed by atoms with Gasteiger partial charge in [0.05, 0.1) is 19.3 Å². The van der Waals surface area contributed by atoms with Gasteiger partial charge < -0.3 is 15.2 Å². The first kappa shape index (κ1) is 20.2. The SMILES string of the molecule is COC(=O)NCc1nc(-c2cc(C(C)(C)C)c(O)c(C(C)(C)C)c2)cs1. The number of nitrogens with zero attached hydrogens (tertiary/aromatic N) is 1. The van der Waals surface area contributed by atoms with Crippen molar-refractivity contribution >= 4 is 17.4 Å². The molecule has 26 heavy (non-hydrogen) atoms. The molecule has 0 unspecified atom stereocenters. The number of rotatable bonds is 3. The number of aromatic hydroxyl groups is 1. The van der Waals surface area contributed by atoms with Crippen LogP contribution in [0.5, 0.6) is 5.75 Å². The predicted octanol–water partition coefficient (Wildman–Crippen LogP) is 4.97. The van der Waals surface area contributed by atoms with Gasteiger partial charge in [0.2, 0.25) is 0 Å². The molecule has 0 aliphatic carbocycles. The summed E-state index contributed by atoms with van der Waals surface area (Å²) in [5.74, 6) is 0.358. The molecule has 1 amide bonds. The van der Waals surface area contributed by atoms with Crippen molar-refractivity contribution in [2.24, 2.45) is 0 Å². The third-order valence-corrected chi connectivity index (χ3v) is 4.99. The van der Waals surface area contributed by atoms with E-state index in [0.29, 0.717) is 12.3 Å². The third kappa shape index (κ3) is 4.55. The lowest BCUT2D eigenvalue weighted by molar-refractivity contribution is 0.170. The molecule has 2 rings (SSSR count). The molecule has 0 fully saturated rings. The number of methoxy groups -OCH3 is 1. The van der Waals surface area contributed by atoms with E-state index in [1.165, 1.54) is 18.4 Å². The van der Waals surface area contributed by atoms with Crippen molar-refractivity contribution < 1.29 is 14.6 Å². The highest BCUT2D eigenvalue weighted by molar-refractivity contribution is 7.09. The molecule has 0 aliphatic heterocycles. The van der Waals surface area contributed by atoms with Crippen LogP contribution >= 0.6 is 11.3 Å². The number of phenolic OH excluding ortho intramolecular Hbond substituents is 1. The molecule has 0 spiro atoms. The maximum absolute atomic E-state index is 11.2. The number of aromatic nitrogens is 1. The van der Waals surface area contributed by atoms with E-state index in [-0.39, 0.29) is 10.8 Å². The summed E-state index contributed by atoms with van der Waals surface area (Å²) >= 11 is 1.48. The van der Waals surface area contributed by atoms with Gasteiger partial charge in [-0.3, -0.25) is 0 Å². The lowest BCUT2D eigenvalue weighted by Crippen LogP contribution is -2.22. The number of phenols is 1. The van der Waals surface area contributed by atoms with E-state index in [4.69, 9.17) is 0 Å². The van der Waals surface area contributed by atoms with Crippen LogP contribution in [0, 0.1) is 0 Å². The van der Waals surface area contributed by atoms with Crippen LogP contribution in [-0.2, 0) is 22.1 Å². The summed E-state index contributed by atoms with van der Waals surface area (Å²) in [6, 6.07) is 4.02. The van der Waals surface area contributed by atoms with Gasteiger partial charge in [0.15, 0.2) is 0 Å². The first-order valence-electron chi connectivity index (χ1n) is 8.58. The van der Waals surface area contributed by atoms with Gasteiger partial charge in [0, 0.05) is 22.1 Å². The number of thiazole rings is 1. The van der Waals surface area contributed by atoms with Crippen molar-refractivity contribution in [3.63, 3.8) is 0 Å². The highest BCUT2D eigenvalue weighted by Crippen LogP contribution is 2.42. The number of benzene rings is 1. The highest BCUT2D eigenvalue weighted by atomic mass is 32.1. The molecule has 2 aromatic rings. The normalized spacial score (nSPS) is 12.1. The number of carbonyl (C=O) groups is 1. The van der Waals surface area contributed by atoms with Crippen LogP contribution in [0.2, 0.25) is 0 Å². The zero-order valence-electron chi connectivity index (χ0n) is 16.6. The molecule has 1 heterocycles. The first-order chi connectivity index (χ1) is 11.9. The van der Waals surface area contributed by atoms with Crippen molar-refractivity contribution in [1.82, 2.24) is 10.3 Å². The second-order valence-corrected chi connectivity index (χ2v) is 9.33. The van der Waals surface area contributed by atoms with Gasteiger partial charge in [-0.05, 0) is 23.0 Å². The smallest absolute Gasteiger partial charge is 0.407 e. The van der Waals surface area contributed by atoms with Crippen molar-refractivity contribution in [2.75, 3.05) is 7.11 Å². The summed E-state index contributed by atoms with van der Waals surface area (Å²) in [6.45, 7) is 12.9. The lowest BCUT2D eigenvalue weighted by atomic mass is 9.78. The summed E-state index contributed by atoms with van der Waals surface area (Å²) in [5.41, 5.74) is 3.24. The minimum Gasteiger partial charge on any atom is -0.507 e. The van der Waals surface area contributed by atoms with Crippen LogP contribution in [0.3, 0.4) is 0 Å². The van der Waals surface area contributed by atoms with Gasteiger partial charge in [0.25, 0.3) is 0 Å². The largest absolute Gasteiger partial charge is 0.507 e. The highest BCUT2D eigenvalue weighted by Gasteiger charge is 2.27. The molecule has 5 nitrogen and oxygen atoms in total. The Labute approximate surface area is 159 Å². The molecule has 6 heteroatoms. The molecule has 0 saturated carbocycles. The van der Waals surface area contributed by atoms with Crippen LogP contribution in [0.4, 0.5) is 4.79 Å². The Morgan fingerprint density at radius 3 is 2.15 bits per heavy atom. The molecule has 1 aromatic heterocycles.